The molecule has 0 amide bonds. The fourth-order valence-corrected chi connectivity index (χ4v) is 3.81. The Morgan fingerprint density at radius 2 is 1.80 bits per heavy atom. The van der Waals surface area contributed by atoms with E-state index >= 15 is 0 Å². The second-order valence-corrected chi connectivity index (χ2v) is 8.49. The van der Waals surface area contributed by atoms with Crippen molar-refractivity contribution in [1.29, 1.82) is 0 Å². The minimum atomic E-state index is -2.80. The summed E-state index contributed by atoms with van der Waals surface area (Å²) < 4.78 is 16.8. The van der Waals surface area contributed by atoms with E-state index in [1.807, 2.05) is 20.8 Å². The highest BCUT2D eigenvalue weighted by Crippen LogP contribution is 2.50. The van der Waals surface area contributed by atoms with Crippen molar-refractivity contribution < 1.29 is 13.6 Å². The van der Waals surface area contributed by atoms with Gasteiger partial charge in [0.15, 0.2) is 5.75 Å². The quantitative estimate of drug-likeness (QED) is 0.743. The van der Waals surface area contributed by atoms with Gasteiger partial charge in [-0.25, -0.2) is 9.97 Å². The van der Waals surface area contributed by atoms with Crippen LogP contribution in [0.5, 0.6) is 5.75 Å². The predicted octanol–water partition coefficient (Wildman–Crippen LogP) is 3.84. The molecule has 0 aliphatic heterocycles. The molecule has 0 N–H and O–H groups in total. The van der Waals surface area contributed by atoms with Gasteiger partial charge in [0, 0.05) is 17.2 Å². The van der Waals surface area contributed by atoms with E-state index in [0.29, 0.717) is 12.4 Å². The van der Waals surface area contributed by atoms with Crippen molar-refractivity contribution >= 4 is 18.5 Å². The first-order valence-corrected chi connectivity index (χ1v) is 9.17. The summed E-state index contributed by atoms with van der Waals surface area (Å²) in [7, 11) is 0. The SMILES string of the molecule is CCO[P@@](=S)(Oc1cnc(C(C)(C)C)nc1)OC(C)C. The number of hydrogen-bond donors (Lipinski definition) is 0. The minimum absolute atomic E-state index is 0.0675. The van der Waals surface area contributed by atoms with Gasteiger partial charge in [-0.2, -0.15) is 0 Å². The molecule has 0 saturated carbocycles. The van der Waals surface area contributed by atoms with E-state index in [1.165, 1.54) is 0 Å². The van der Waals surface area contributed by atoms with Gasteiger partial charge in [-0.05, 0) is 20.8 Å². The van der Waals surface area contributed by atoms with Crippen molar-refractivity contribution in [2.75, 3.05) is 6.61 Å². The third kappa shape index (κ3) is 5.44. The Bertz CT molecular complexity index is 471. The van der Waals surface area contributed by atoms with Crippen LogP contribution in [-0.4, -0.2) is 22.7 Å². The Morgan fingerprint density at radius 1 is 1.25 bits per heavy atom. The van der Waals surface area contributed by atoms with Gasteiger partial charge in [0.2, 0.25) is 0 Å². The van der Waals surface area contributed by atoms with Crippen LogP contribution >= 0.6 is 6.72 Å². The minimum Gasteiger partial charge on any atom is -0.421 e. The summed E-state index contributed by atoms with van der Waals surface area (Å²) in [4.78, 5) is 8.60. The molecule has 0 saturated heterocycles. The highest BCUT2D eigenvalue weighted by atomic mass is 32.5. The van der Waals surface area contributed by atoms with Crippen LogP contribution in [0.4, 0.5) is 0 Å². The molecule has 1 rings (SSSR count). The lowest BCUT2D eigenvalue weighted by atomic mass is 9.96. The molecule has 0 radical (unpaired) electrons. The van der Waals surface area contributed by atoms with Crippen molar-refractivity contribution in [3.8, 4) is 5.75 Å². The van der Waals surface area contributed by atoms with E-state index in [-0.39, 0.29) is 11.5 Å². The summed E-state index contributed by atoms with van der Waals surface area (Å²) >= 11 is 5.35. The highest BCUT2D eigenvalue weighted by molar-refractivity contribution is 8.07. The molecule has 0 aromatic carbocycles. The summed E-state index contributed by atoms with van der Waals surface area (Å²) in [6.45, 7) is 9.43. The Hall–Kier alpha value is -0.550. The maximum atomic E-state index is 5.68. The van der Waals surface area contributed by atoms with Crippen LogP contribution in [0.25, 0.3) is 0 Å². The summed E-state index contributed by atoms with van der Waals surface area (Å²) in [5.74, 6) is 1.22. The van der Waals surface area contributed by atoms with Gasteiger partial charge >= 0.3 is 6.72 Å². The number of rotatable bonds is 6. The second kappa shape index (κ2) is 6.94. The summed E-state index contributed by atoms with van der Waals surface area (Å²) in [5, 5.41) is 0. The van der Waals surface area contributed by atoms with Gasteiger partial charge in [-0.15, -0.1) is 0 Å². The number of aromatic nitrogens is 2. The number of nitrogens with zero attached hydrogens (tertiary/aromatic N) is 2. The molecule has 0 fully saturated rings. The van der Waals surface area contributed by atoms with Crippen molar-refractivity contribution in [2.45, 2.75) is 53.1 Å². The topological polar surface area (TPSA) is 53.5 Å². The molecule has 1 atom stereocenters. The molecule has 20 heavy (non-hydrogen) atoms. The van der Waals surface area contributed by atoms with E-state index in [0.717, 1.165) is 5.82 Å². The number of hydrogen-bond acceptors (Lipinski definition) is 6. The molecule has 0 aliphatic rings. The maximum absolute atomic E-state index is 5.68. The van der Waals surface area contributed by atoms with Crippen LogP contribution in [-0.2, 0) is 26.3 Å². The Kier molecular flexibility index (Phi) is 6.07. The lowest BCUT2D eigenvalue weighted by Gasteiger charge is -2.23. The van der Waals surface area contributed by atoms with Crippen molar-refractivity contribution in [3.05, 3.63) is 18.2 Å². The van der Waals surface area contributed by atoms with Crippen LogP contribution in [0.1, 0.15) is 47.4 Å². The molecule has 0 aliphatic carbocycles. The zero-order valence-corrected chi connectivity index (χ0v) is 14.6. The Labute approximate surface area is 126 Å². The molecule has 0 spiro atoms. The monoisotopic (exact) mass is 318 g/mol. The van der Waals surface area contributed by atoms with Gasteiger partial charge in [-0.3, -0.25) is 9.05 Å². The van der Waals surface area contributed by atoms with Crippen LogP contribution in [0.15, 0.2) is 12.4 Å². The largest absolute Gasteiger partial charge is 0.421 e. The first-order valence-electron chi connectivity index (χ1n) is 6.61. The van der Waals surface area contributed by atoms with E-state index in [1.54, 1.807) is 12.4 Å². The fourth-order valence-electron chi connectivity index (χ4n) is 1.37. The molecule has 7 heteroatoms. The van der Waals surface area contributed by atoms with Crippen LogP contribution in [0.3, 0.4) is 0 Å². The van der Waals surface area contributed by atoms with Crippen LogP contribution < -0.4 is 4.52 Å². The van der Waals surface area contributed by atoms with E-state index in [4.69, 9.17) is 25.4 Å². The summed E-state index contributed by atoms with van der Waals surface area (Å²) in [6.07, 6.45) is 3.15. The molecule has 1 aromatic heterocycles. The third-order valence-corrected chi connectivity index (χ3v) is 4.63. The van der Waals surface area contributed by atoms with Crippen LogP contribution in [0, 0.1) is 0 Å². The van der Waals surface area contributed by atoms with Crippen LogP contribution in [0.2, 0.25) is 0 Å². The van der Waals surface area contributed by atoms with Gasteiger partial charge in [0.05, 0.1) is 25.1 Å². The van der Waals surface area contributed by atoms with Gasteiger partial charge in [0.1, 0.15) is 5.82 Å². The average molecular weight is 318 g/mol. The zero-order chi connectivity index (χ0) is 15.4. The second-order valence-electron chi connectivity index (χ2n) is 5.60. The molecular weight excluding hydrogens is 295 g/mol. The van der Waals surface area contributed by atoms with E-state index in [9.17, 15) is 0 Å². The zero-order valence-electron chi connectivity index (χ0n) is 12.9. The van der Waals surface area contributed by atoms with Gasteiger partial charge < -0.3 is 4.52 Å². The molecular formula is C13H23N2O3PS. The average Bonchev–Trinajstić information content (AvgIpc) is 2.27. The smallest absolute Gasteiger partial charge is 0.380 e. The highest BCUT2D eigenvalue weighted by Gasteiger charge is 2.24. The normalized spacial score (nSPS) is 15.2. The summed E-state index contributed by atoms with van der Waals surface area (Å²) in [5.41, 5.74) is -0.104. The first kappa shape index (κ1) is 17.5. The molecule has 0 bridgehead atoms. The first-order chi connectivity index (χ1) is 9.16. The molecule has 5 nitrogen and oxygen atoms in total. The fraction of sp³-hybridized carbons (Fsp3) is 0.692. The van der Waals surface area contributed by atoms with Gasteiger partial charge in [-0.1, -0.05) is 20.8 Å². The molecule has 114 valence electrons. The molecule has 0 unspecified atom stereocenters. The standard InChI is InChI=1S/C13H23N2O3PS/c1-7-16-19(20,17-10(2)3)18-11-8-14-12(15-9-11)13(4,5)6/h8-10H,7H2,1-6H3/t19-/m0/s1. The van der Waals surface area contributed by atoms with E-state index in [2.05, 4.69) is 30.7 Å². The summed E-state index contributed by atoms with van der Waals surface area (Å²) in [6, 6.07) is 0. The maximum Gasteiger partial charge on any atom is 0.380 e. The van der Waals surface area contributed by atoms with Gasteiger partial charge in [0.25, 0.3) is 0 Å². The molecule has 1 heterocycles. The third-order valence-electron chi connectivity index (χ3n) is 2.14. The van der Waals surface area contributed by atoms with Crippen molar-refractivity contribution in [1.82, 2.24) is 9.97 Å². The van der Waals surface area contributed by atoms with Crippen molar-refractivity contribution in [2.24, 2.45) is 0 Å². The van der Waals surface area contributed by atoms with Crippen molar-refractivity contribution in [3.63, 3.8) is 0 Å². The molecule has 1 aromatic rings. The Morgan fingerprint density at radius 3 is 2.20 bits per heavy atom. The predicted molar refractivity (Wildman–Crippen MR) is 83.5 cm³/mol. The van der Waals surface area contributed by atoms with E-state index < -0.39 is 6.72 Å². The Balaban J connectivity index is 2.87. The lowest BCUT2D eigenvalue weighted by Crippen LogP contribution is -2.15. The lowest BCUT2D eigenvalue weighted by molar-refractivity contribution is 0.171.